The first-order valence-electron chi connectivity index (χ1n) is 10.7. The molecule has 2 N–H and O–H groups in total. The van der Waals surface area contributed by atoms with Crippen LogP contribution in [0.3, 0.4) is 0 Å². The van der Waals surface area contributed by atoms with Crippen LogP contribution in [0.15, 0.2) is 71.8 Å². The number of nitrogens with zero attached hydrogens (tertiary/aromatic N) is 2. The number of hydrogen-bond acceptors (Lipinski definition) is 8. The highest BCUT2D eigenvalue weighted by atomic mass is 16.6. The van der Waals surface area contributed by atoms with Crippen molar-refractivity contribution < 1.29 is 28.7 Å². The second-order valence-corrected chi connectivity index (χ2v) is 7.34. The molecule has 3 aromatic carbocycles. The number of carbonyl (C=O) groups is 2. The molecule has 0 saturated carbocycles. The number of carbonyl (C=O) groups excluding carboxylic acids is 2. The van der Waals surface area contributed by atoms with Crippen molar-refractivity contribution >= 4 is 29.4 Å². The monoisotopic (exact) mass is 492 g/mol. The van der Waals surface area contributed by atoms with E-state index in [0.29, 0.717) is 11.4 Å². The fourth-order valence-electron chi connectivity index (χ4n) is 3.07. The van der Waals surface area contributed by atoms with Crippen LogP contribution in [-0.2, 0) is 16.2 Å². The molecule has 0 atom stereocenters. The highest BCUT2D eigenvalue weighted by molar-refractivity contribution is 6.03. The van der Waals surface area contributed by atoms with E-state index in [9.17, 15) is 19.7 Å². The molecule has 0 aliphatic carbocycles. The van der Waals surface area contributed by atoms with E-state index in [2.05, 4.69) is 15.8 Å². The predicted octanol–water partition coefficient (Wildman–Crippen LogP) is 3.67. The third-order valence-electron chi connectivity index (χ3n) is 4.83. The lowest BCUT2D eigenvalue weighted by atomic mass is 10.1. The van der Waals surface area contributed by atoms with Gasteiger partial charge in [0.15, 0.2) is 11.5 Å². The molecular weight excluding hydrogens is 468 g/mol. The van der Waals surface area contributed by atoms with E-state index in [0.717, 1.165) is 11.8 Å². The van der Waals surface area contributed by atoms with Crippen LogP contribution in [0.4, 0.5) is 11.4 Å². The predicted molar refractivity (Wildman–Crippen MR) is 132 cm³/mol. The van der Waals surface area contributed by atoms with Crippen LogP contribution in [0.25, 0.3) is 0 Å². The van der Waals surface area contributed by atoms with Gasteiger partial charge in [0.05, 0.1) is 37.0 Å². The summed E-state index contributed by atoms with van der Waals surface area (Å²) in [4.78, 5) is 35.1. The molecule has 0 fully saturated rings. The minimum atomic E-state index is -0.699. The van der Waals surface area contributed by atoms with Crippen LogP contribution in [0, 0.1) is 10.1 Å². The summed E-state index contributed by atoms with van der Waals surface area (Å²) in [7, 11) is 2.93. The van der Waals surface area contributed by atoms with Gasteiger partial charge in [0.1, 0.15) is 18.8 Å². The Morgan fingerprint density at radius 2 is 1.69 bits per heavy atom. The molecule has 0 aliphatic rings. The summed E-state index contributed by atoms with van der Waals surface area (Å²) in [5, 5.41) is 17.9. The summed E-state index contributed by atoms with van der Waals surface area (Å²) in [6.07, 6.45) is 0.599. The maximum Gasteiger partial charge on any atom is 0.282 e. The summed E-state index contributed by atoms with van der Waals surface area (Å²) in [5.74, 6) is -0.190. The van der Waals surface area contributed by atoms with Gasteiger partial charge in [-0.2, -0.15) is 5.10 Å². The SMILES string of the molecule is COc1ccc(NC(=O)CC(=O)NN=Cc2cc(OC)c(OCc3ccccc3)cc2[N+](=O)[O-])cc1. The van der Waals surface area contributed by atoms with Gasteiger partial charge in [-0.3, -0.25) is 19.7 Å². The van der Waals surface area contributed by atoms with Gasteiger partial charge in [-0.25, -0.2) is 5.43 Å². The lowest BCUT2D eigenvalue weighted by Gasteiger charge is -2.12. The molecular formula is C25H24N4O7. The Hall–Kier alpha value is -4.93. The number of benzene rings is 3. The standard InChI is InChI=1S/C25H24N4O7/c1-34-20-10-8-19(9-11-20)27-24(30)14-25(31)28-26-15-18-12-22(35-2)23(13-21(18)29(32)33)36-16-17-6-4-3-5-7-17/h3-13,15H,14,16H2,1-2H3,(H,27,30)(H,28,31). The molecule has 36 heavy (non-hydrogen) atoms. The van der Waals surface area contributed by atoms with Gasteiger partial charge in [-0.05, 0) is 35.9 Å². The topological polar surface area (TPSA) is 141 Å². The number of ether oxygens (including phenoxy) is 3. The Labute approximate surface area is 206 Å². The van der Waals surface area contributed by atoms with E-state index >= 15 is 0 Å². The minimum absolute atomic E-state index is 0.0758. The molecule has 0 bridgehead atoms. The van der Waals surface area contributed by atoms with Crippen LogP contribution >= 0.6 is 0 Å². The number of amides is 2. The van der Waals surface area contributed by atoms with E-state index in [1.54, 1.807) is 24.3 Å². The second-order valence-electron chi connectivity index (χ2n) is 7.34. The molecule has 3 rings (SSSR count). The number of hydrazone groups is 1. The van der Waals surface area contributed by atoms with E-state index < -0.39 is 23.2 Å². The molecule has 3 aromatic rings. The van der Waals surface area contributed by atoms with E-state index in [1.807, 2.05) is 30.3 Å². The molecule has 0 unspecified atom stereocenters. The molecule has 11 heteroatoms. The fourth-order valence-corrected chi connectivity index (χ4v) is 3.07. The number of nitro benzene ring substituents is 1. The third kappa shape index (κ3) is 7.29. The number of hydrogen-bond donors (Lipinski definition) is 2. The van der Waals surface area contributed by atoms with Crippen LogP contribution < -0.4 is 25.0 Å². The van der Waals surface area contributed by atoms with Crippen molar-refractivity contribution in [3.05, 3.63) is 88.0 Å². The highest BCUT2D eigenvalue weighted by Gasteiger charge is 2.19. The van der Waals surface area contributed by atoms with Crippen LogP contribution in [0.2, 0.25) is 0 Å². The lowest BCUT2D eigenvalue weighted by Crippen LogP contribution is -2.24. The van der Waals surface area contributed by atoms with Gasteiger partial charge in [0.2, 0.25) is 11.8 Å². The summed E-state index contributed by atoms with van der Waals surface area (Å²) < 4.78 is 16.1. The van der Waals surface area contributed by atoms with Gasteiger partial charge >= 0.3 is 0 Å². The Bertz CT molecular complexity index is 1250. The van der Waals surface area contributed by atoms with E-state index in [4.69, 9.17) is 14.2 Å². The van der Waals surface area contributed by atoms with Crippen molar-refractivity contribution in [2.45, 2.75) is 13.0 Å². The average molecular weight is 492 g/mol. The van der Waals surface area contributed by atoms with E-state index in [-0.39, 0.29) is 29.4 Å². The van der Waals surface area contributed by atoms with Gasteiger partial charge in [-0.1, -0.05) is 30.3 Å². The summed E-state index contributed by atoms with van der Waals surface area (Å²) in [6.45, 7) is 0.191. The first-order valence-corrected chi connectivity index (χ1v) is 10.7. The number of methoxy groups -OCH3 is 2. The van der Waals surface area contributed by atoms with Crippen molar-refractivity contribution in [3.8, 4) is 17.2 Å². The van der Waals surface area contributed by atoms with Gasteiger partial charge in [0.25, 0.3) is 5.69 Å². The molecule has 0 aliphatic heterocycles. The largest absolute Gasteiger partial charge is 0.497 e. The Morgan fingerprint density at radius 3 is 2.33 bits per heavy atom. The number of rotatable bonds is 11. The molecule has 0 heterocycles. The van der Waals surface area contributed by atoms with Gasteiger partial charge < -0.3 is 19.5 Å². The Balaban J connectivity index is 1.63. The van der Waals surface area contributed by atoms with Crippen LogP contribution in [0.1, 0.15) is 17.5 Å². The Morgan fingerprint density at radius 1 is 0.972 bits per heavy atom. The Kier molecular flexibility index (Phi) is 8.93. The average Bonchev–Trinajstić information content (AvgIpc) is 2.88. The zero-order chi connectivity index (χ0) is 25.9. The summed E-state index contributed by atoms with van der Waals surface area (Å²) in [5.41, 5.74) is 3.34. The van der Waals surface area contributed by atoms with Crippen LogP contribution in [-0.4, -0.2) is 37.2 Å². The first-order chi connectivity index (χ1) is 17.4. The molecule has 0 aromatic heterocycles. The second kappa shape index (κ2) is 12.5. The maximum atomic E-state index is 12.1. The minimum Gasteiger partial charge on any atom is -0.497 e. The lowest BCUT2D eigenvalue weighted by molar-refractivity contribution is -0.385. The molecule has 0 saturated heterocycles. The summed E-state index contributed by atoms with van der Waals surface area (Å²) >= 11 is 0. The molecule has 2 amide bonds. The zero-order valence-electron chi connectivity index (χ0n) is 19.6. The molecule has 11 nitrogen and oxygen atoms in total. The van der Waals surface area contributed by atoms with Crippen molar-refractivity contribution in [2.24, 2.45) is 5.10 Å². The number of anilines is 1. The van der Waals surface area contributed by atoms with Gasteiger partial charge in [-0.15, -0.1) is 0 Å². The third-order valence-corrected chi connectivity index (χ3v) is 4.83. The fraction of sp³-hybridized carbons (Fsp3) is 0.160. The van der Waals surface area contributed by atoms with Crippen molar-refractivity contribution in [3.63, 3.8) is 0 Å². The van der Waals surface area contributed by atoms with E-state index in [1.165, 1.54) is 26.4 Å². The molecule has 0 radical (unpaired) electrons. The quantitative estimate of drug-likeness (QED) is 0.180. The highest BCUT2D eigenvalue weighted by Crippen LogP contribution is 2.34. The smallest absolute Gasteiger partial charge is 0.282 e. The van der Waals surface area contributed by atoms with Crippen LogP contribution in [0.5, 0.6) is 17.2 Å². The van der Waals surface area contributed by atoms with Crippen molar-refractivity contribution in [1.82, 2.24) is 5.43 Å². The van der Waals surface area contributed by atoms with Crippen molar-refractivity contribution in [2.75, 3.05) is 19.5 Å². The normalized spacial score (nSPS) is 10.5. The summed E-state index contributed by atoms with van der Waals surface area (Å²) in [6, 6.07) is 18.5. The first kappa shape index (κ1) is 25.7. The zero-order valence-corrected chi connectivity index (χ0v) is 19.6. The van der Waals surface area contributed by atoms with Crippen molar-refractivity contribution in [1.29, 1.82) is 0 Å². The molecule has 186 valence electrons. The maximum absolute atomic E-state index is 12.1. The number of nitrogens with one attached hydrogen (secondary N) is 2. The van der Waals surface area contributed by atoms with Gasteiger partial charge in [0, 0.05) is 5.69 Å². The molecule has 0 spiro atoms. The number of nitro groups is 1.